The van der Waals surface area contributed by atoms with Crippen LogP contribution >= 0.6 is 35.1 Å². The summed E-state index contributed by atoms with van der Waals surface area (Å²) in [5, 5.41) is 0.693. The van der Waals surface area contributed by atoms with Crippen molar-refractivity contribution in [3.63, 3.8) is 0 Å². The average Bonchev–Trinajstić information content (AvgIpc) is 2.16. The molecule has 5 heteroatoms. The first-order valence-electron chi connectivity index (χ1n) is 3.65. The van der Waals surface area contributed by atoms with E-state index in [1.54, 1.807) is 0 Å². The molecule has 0 unspecified atom stereocenters. The van der Waals surface area contributed by atoms with E-state index in [1.165, 1.54) is 11.9 Å². The molecule has 0 fully saturated rings. The Morgan fingerprint density at radius 2 is 2.31 bits per heavy atom. The SMILES string of the molecule is ClCC1=Nc2cc(Cl)ccc2SN1. The minimum Gasteiger partial charge on any atom is -0.313 e. The smallest absolute Gasteiger partial charge is 0.127 e. The fourth-order valence-corrected chi connectivity index (χ4v) is 2.07. The summed E-state index contributed by atoms with van der Waals surface area (Å²) in [6.07, 6.45) is 0. The van der Waals surface area contributed by atoms with E-state index in [4.69, 9.17) is 23.2 Å². The van der Waals surface area contributed by atoms with Crippen molar-refractivity contribution in [2.75, 3.05) is 5.88 Å². The van der Waals surface area contributed by atoms with Gasteiger partial charge >= 0.3 is 0 Å². The first kappa shape index (κ1) is 9.19. The molecule has 1 heterocycles. The molecule has 0 saturated heterocycles. The summed E-state index contributed by atoms with van der Waals surface area (Å²) in [6, 6.07) is 5.61. The highest BCUT2D eigenvalue weighted by molar-refractivity contribution is 7.98. The maximum absolute atomic E-state index is 5.84. The van der Waals surface area contributed by atoms with E-state index >= 15 is 0 Å². The summed E-state index contributed by atoms with van der Waals surface area (Å²) in [4.78, 5) is 5.36. The molecular formula is C8H6Cl2N2S. The Morgan fingerprint density at radius 3 is 3.08 bits per heavy atom. The number of rotatable bonds is 1. The molecule has 0 bridgehead atoms. The highest BCUT2D eigenvalue weighted by Crippen LogP contribution is 2.33. The predicted octanol–water partition coefficient (Wildman–Crippen LogP) is 3.22. The maximum Gasteiger partial charge on any atom is 0.127 e. The molecule has 0 radical (unpaired) electrons. The molecule has 0 aliphatic carbocycles. The number of hydrogen-bond donors (Lipinski definition) is 1. The third-order valence-corrected chi connectivity index (χ3v) is 2.97. The molecule has 2 rings (SSSR count). The molecule has 0 spiro atoms. The quantitative estimate of drug-likeness (QED) is 0.594. The van der Waals surface area contributed by atoms with Gasteiger partial charge in [-0.1, -0.05) is 11.6 Å². The normalized spacial score (nSPS) is 14.5. The van der Waals surface area contributed by atoms with Crippen molar-refractivity contribution in [1.29, 1.82) is 0 Å². The Kier molecular flexibility index (Phi) is 2.67. The third kappa shape index (κ3) is 1.93. The van der Waals surface area contributed by atoms with E-state index in [1.807, 2.05) is 18.2 Å². The molecular weight excluding hydrogens is 227 g/mol. The minimum atomic E-state index is 0.388. The standard InChI is InChI=1S/C8H6Cl2N2S/c9-4-8-11-6-3-5(10)1-2-7(6)13-12-8/h1-3H,4H2,(H,11,12). The van der Waals surface area contributed by atoms with E-state index in [2.05, 4.69) is 9.71 Å². The lowest BCUT2D eigenvalue weighted by Gasteiger charge is -2.14. The lowest BCUT2D eigenvalue weighted by molar-refractivity contribution is 1.28. The molecule has 1 aliphatic rings. The Morgan fingerprint density at radius 1 is 1.46 bits per heavy atom. The number of fused-ring (bicyclic) bond motifs is 1. The van der Waals surface area contributed by atoms with Gasteiger partial charge in [-0.05, 0) is 30.1 Å². The fourth-order valence-electron chi connectivity index (χ4n) is 1.00. The van der Waals surface area contributed by atoms with E-state index in [9.17, 15) is 0 Å². The maximum atomic E-state index is 5.84. The van der Waals surface area contributed by atoms with Crippen LogP contribution < -0.4 is 4.72 Å². The number of amidine groups is 1. The molecule has 0 amide bonds. The number of nitrogens with one attached hydrogen (secondary N) is 1. The number of benzene rings is 1. The summed E-state index contributed by atoms with van der Waals surface area (Å²) in [6.45, 7) is 0. The van der Waals surface area contributed by atoms with Crippen LogP contribution in [0.3, 0.4) is 0 Å². The summed E-state index contributed by atoms with van der Waals surface area (Å²) < 4.78 is 3.04. The average molecular weight is 233 g/mol. The van der Waals surface area contributed by atoms with Crippen molar-refractivity contribution in [2.45, 2.75) is 4.90 Å². The highest BCUT2D eigenvalue weighted by atomic mass is 35.5. The monoisotopic (exact) mass is 232 g/mol. The van der Waals surface area contributed by atoms with Gasteiger partial charge in [0, 0.05) is 5.02 Å². The van der Waals surface area contributed by atoms with Crippen LogP contribution in [-0.4, -0.2) is 11.7 Å². The van der Waals surface area contributed by atoms with Crippen LogP contribution in [0.4, 0.5) is 5.69 Å². The lowest BCUT2D eigenvalue weighted by Crippen LogP contribution is -2.19. The number of nitrogens with zero attached hydrogens (tertiary/aromatic N) is 1. The van der Waals surface area contributed by atoms with Gasteiger partial charge in [0.1, 0.15) is 5.84 Å². The Hall–Kier alpha value is -0.380. The zero-order valence-corrected chi connectivity index (χ0v) is 8.88. The molecule has 13 heavy (non-hydrogen) atoms. The summed E-state index contributed by atoms with van der Waals surface area (Å²) in [5.74, 6) is 1.15. The zero-order chi connectivity index (χ0) is 9.26. The number of aliphatic imine (C=N–C) groups is 1. The van der Waals surface area contributed by atoms with Crippen LogP contribution in [0.5, 0.6) is 0 Å². The Balaban J connectivity index is 2.44. The van der Waals surface area contributed by atoms with Gasteiger partial charge in [-0.3, -0.25) is 0 Å². The van der Waals surface area contributed by atoms with E-state index in [-0.39, 0.29) is 0 Å². The largest absolute Gasteiger partial charge is 0.313 e. The topological polar surface area (TPSA) is 24.4 Å². The van der Waals surface area contributed by atoms with Crippen LogP contribution in [0.25, 0.3) is 0 Å². The fraction of sp³-hybridized carbons (Fsp3) is 0.125. The number of alkyl halides is 1. The molecule has 1 aromatic carbocycles. The summed E-state index contributed by atoms with van der Waals surface area (Å²) >= 11 is 13.0. The minimum absolute atomic E-state index is 0.388. The Bertz CT molecular complexity index is 365. The van der Waals surface area contributed by atoms with Crippen LogP contribution in [0.1, 0.15) is 0 Å². The molecule has 1 aromatic rings. The van der Waals surface area contributed by atoms with Gasteiger partial charge < -0.3 is 4.72 Å². The van der Waals surface area contributed by atoms with Gasteiger partial charge in [0.2, 0.25) is 0 Å². The van der Waals surface area contributed by atoms with Crippen LogP contribution in [-0.2, 0) is 0 Å². The van der Waals surface area contributed by atoms with Crippen molar-refractivity contribution in [2.24, 2.45) is 4.99 Å². The second-order valence-electron chi connectivity index (χ2n) is 2.51. The molecule has 0 saturated carbocycles. The number of halogens is 2. The lowest BCUT2D eigenvalue weighted by atomic mass is 10.3. The first-order valence-corrected chi connectivity index (χ1v) is 5.38. The van der Waals surface area contributed by atoms with Gasteiger partial charge in [0.25, 0.3) is 0 Å². The third-order valence-electron chi connectivity index (χ3n) is 1.58. The van der Waals surface area contributed by atoms with Gasteiger partial charge in [-0.2, -0.15) is 0 Å². The molecule has 0 atom stereocenters. The summed E-state index contributed by atoms with van der Waals surface area (Å²) in [5.41, 5.74) is 0.881. The van der Waals surface area contributed by atoms with Crippen LogP contribution in [0, 0.1) is 0 Å². The highest BCUT2D eigenvalue weighted by Gasteiger charge is 2.11. The van der Waals surface area contributed by atoms with Gasteiger partial charge in [0.05, 0.1) is 16.5 Å². The van der Waals surface area contributed by atoms with Crippen molar-refractivity contribution in [3.05, 3.63) is 23.2 Å². The zero-order valence-electron chi connectivity index (χ0n) is 6.55. The predicted molar refractivity (Wildman–Crippen MR) is 58.3 cm³/mol. The first-order chi connectivity index (χ1) is 6.29. The van der Waals surface area contributed by atoms with Crippen molar-refractivity contribution in [3.8, 4) is 0 Å². The van der Waals surface area contributed by atoms with Gasteiger partial charge in [-0.15, -0.1) is 11.6 Å². The van der Waals surface area contributed by atoms with E-state index in [0.717, 1.165) is 16.4 Å². The van der Waals surface area contributed by atoms with Crippen LogP contribution in [0.15, 0.2) is 28.1 Å². The van der Waals surface area contributed by atoms with E-state index in [0.29, 0.717) is 10.9 Å². The molecule has 0 aromatic heterocycles. The summed E-state index contributed by atoms with van der Waals surface area (Å²) in [7, 11) is 0. The Labute approximate surface area is 90.5 Å². The van der Waals surface area contributed by atoms with E-state index < -0.39 is 0 Å². The molecule has 1 aliphatic heterocycles. The van der Waals surface area contributed by atoms with Crippen molar-refractivity contribution in [1.82, 2.24) is 4.72 Å². The van der Waals surface area contributed by atoms with Crippen molar-refractivity contribution < 1.29 is 0 Å². The molecule has 2 nitrogen and oxygen atoms in total. The number of hydrogen-bond acceptors (Lipinski definition) is 3. The molecule has 68 valence electrons. The molecule has 1 N–H and O–H groups in total. The van der Waals surface area contributed by atoms with Crippen LogP contribution in [0.2, 0.25) is 5.02 Å². The second kappa shape index (κ2) is 3.78. The van der Waals surface area contributed by atoms with Crippen molar-refractivity contribution >= 4 is 46.7 Å². The van der Waals surface area contributed by atoms with Gasteiger partial charge in [0.15, 0.2) is 0 Å². The van der Waals surface area contributed by atoms with Gasteiger partial charge in [-0.25, -0.2) is 4.99 Å². The second-order valence-corrected chi connectivity index (χ2v) is 4.06.